The molecule has 2 N–H and O–H groups in total. The number of aromatic nitrogens is 1. The molecule has 21 heavy (non-hydrogen) atoms. The molecule has 1 aromatic heterocycles. The van der Waals surface area contributed by atoms with Gasteiger partial charge in [-0.15, -0.1) is 11.3 Å². The summed E-state index contributed by atoms with van der Waals surface area (Å²) in [5.41, 5.74) is 1.88. The number of rotatable bonds is 4. The molecule has 0 radical (unpaired) electrons. The fourth-order valence-electron chi connectivity index (χ4n) is 2.70. The van der Waals surface area contributed by atoms with E-state index in [1.807, 2.05) is 0 Å². The molecule has 0 amide bonds. The lowest BCUT2D eigenvalue weighted by atomic mass is 9.98. The third-order valence-corrected chi connectivity index (χ3v) is 5.05. The predicted molar refractivity (Wildman–Crippen MR) is 83.1 cm³/mol. The summed E-state index contributed by atoms with van der Waals surface area (Å²) >= 11 is 1.64. The first-order valence-electron chi connectivity index (χ1n) is 7.41. The van der Waals surface area contributed by atoms with Crippen molar-refractivity contribution in [3.05, 3.63) is 34.6 Å². The number of phenols is 1. The second kappa shape index (κ2) is 6.12. The minimum absolute atomic E-state index is 0.317. The van der Waals surface area contributed by atoms with E-state index in [0.29, 0.717) is 6.04 Å². The number of halogens is 1. The number of phenolic OH excluding ortho intramolecular Hbond substituents is 1. The minimum atomic E-state index is -0.596. The maximum atomic E-state index is 13.5. The summed E-state index contributed by atoms with van der Waals surface area (Å²) in [5, 5.41) is 13.7. The van der Waals surface area contributed by atoms with Crippen LogP contribution in [0.1, 0.15) is 42.8 Å². The second-order valence-corrected chi connectivity index (χ2v) is 6.43. The summed E-state index contributed by atoms with van der Waals surface area (Å²) in [5.74, 6) is -0.913. The third-order valence-electron chi connectivity index (χ3n) is 3.79. The molecule has 0 saturated carbocycles. The van der Waals surface area contributed by atoms with Gasteiger partial charge < -0.3 is 10.4 Å². The Hall–Kier alpha value is -1.46. The fourth-order valence-corrected chi connectivity index (χ4v) is 3.91. The fraction of sp³-hybridized carbons (Fsp3) is 0.438. The normalized spacial score (nSPS) is 17.7. The van der Waals surface area contributed by atoms with E-state index >= 15 is 0 Å². The van der Waals surface area contributed by atoms with Crippen LogP contribution in [0.5, 0.6) is 5.75 Å². The summed E-state index contributed by atoms with van der Waals surface area (Å²) < 4.78 is 13.5. The molecule has 1 aliphatic rings. The molecular weight excluding hydrogens is 287 g/mol. The highest BCUT2D eigenvalue weighted by molar-refractivity contribution is 7.15. The van der Waals surface area contributed by atoms with Gasteiger partial charge >= 0.3 is 0 Å². The average Bonchev–Trinajstić information content (AvgIpc) is 2.92. The van der Waals surface area contributed by atoms with Crippen molar-refractivity contribution in [1.82, 2.24) is 10.3 Å². The zero-order valence-electron chi connectivity index (χ0n) is 12.0. The van der Waals surface area contributed by atoms with Crippen molar-refractivity contribution in [2.75, 3.05) is 6.54 Å². The lowest BCUT2D eigenvalue weighted by Gasteiger charge is -2.22. The van der Waals surface area contributed by atoms with Gasteiger partial charge in [-0.2, -0.15) is 0 Å². The number of nitrogens with zero attached hydrogens (tertiary/aromatic N) is 1. The van der Waals surface area contributed by atoms with Gasteiger partial charge in [0.25, 0.3) is 0 Å². The largest absolute Gasteiger partial charge is 0.505 e. The van der Waals surface area contributed by atoms with Gasteiger partial charge in [-0.1, -0.05) is 6.92 Å². The van der Waals surface area contributed by atoms with Crippen molar-refractivity contribution in [3.8, 4) is 16.3 Å². The van der Waals surface area contributed by atoms with Crippen molar-refractivity contribution in [2.45, 2.75) is 38.6 Å². The van der Waals surface area contributed by atoms with E-state index in [4.69, 9.17) is 0 Å². The SMILES string of the molecule is CCCNC1CCCc2nc(-c3ccc(O)c(F)c3)sc21. The van der Waals surface area contributed by atoms with Crippen molar-refractivity contribution in [3.63, 3.8) is 0 Å². The van der Waals surface area contributed by atoms with Crippen molar-refractivity contribution in [1.29, 1.82) is 0 Å². The topological polar surface area (TPSA) is 45.2 Å². The van der Waals surface area contributed by atoms with Crippen LogP contribution in [0.25, 0.3) is 10.6 Å². The number of hydrogen-bond acceptors (Lipinski definition) is 4. The number of thiazole rings is 1. The molecule has 3 nitrogen and oxygen atoms in total. The first kappa shape index (κ1) is 14.5. The van der Waals surface area contributed by atoms with E-state index in [9.17, 15) is 9.50 Å². The molecule has 1 atom stereocenters. The summed E-state index contributed by atoms with van der Waals surface area (Å²) in [6.07, 6.45) is 4.39. The molecule has 0 spiro atoms. The Bertz CT molecular complexity index is 641. The highest BCUT2D eigenvalue weighted by Crippen LogP contribution is 2.38. The summed E-state index contributed by atoms with van der Waals surface area (Å²) in [4.78, 5) is 5.97. The average molecular weight is 306 g/mol. The molecule has 0 bridgehead atoms. The van der Waals surface area contributed by atoms with E-state index in [-0.39, 0.29) is 5.75 Å². The highest BCUT2D eigenvalue weighted by Gasteiger charge is 2.24. The Morgan fingerprint density at radius 2 is 2.33 bits per heavy atom. The molecule has 1 unspecified atom stereocenters. The quantitative estimate of drug-likeness (QED) is 0.896. The molecule has 1 aromatic carbocycles. The Morgan fingerprint density at radius 3 is 3.10 bits per heavy atom. The van der Waals surface area contributed by atoms with Crippen LogP contribution in [0.4, 0.5) is 4.39 Å². The second-order valence-electron chi connectivity index (χ2n) is 5.40. The van der Waals surface area contributed by atoms with Gasteiger partial charge in [0.1, 0.15) is 5.01 Å². The lowest BCUT2D eigenvalue weighted by Crippen LogP contribution is -2.24. The van der Waals surface area contributed by atoms with E-state index in [2.05, 4.69) is 17.2 Å². The summed E-state index contributed by atoms with van der Waals surface area (Å²) in [7, 11) is 0. The number of hydrogen-bond donors (Lipinski definition) is 2. The molecule has 2 aromatic rings. The molecule has 112 valence electrons. The van der Waals surface area contributed by atoms with Crippen molar-refractivity contribution < 1.29 is 9.50 Å². The Morgan fingerprint density at radius 1 is 1.48 bits per heavy atom. The summed E-state index contributed by atoms with van der Waals surface area (Å²) in [6, 6.07) is 4.84. The van der Waals surface area contributed by atoms with E-state index in [1.54, 1.807) is 17.4 Å². The maximum Gasteiger partial charge on any atom is 0.165 e. The van der Waals surface area contributed by atoms with Crippen LogP contribution in [-0.4, -0.2) is 16.6 Å². The van der Waals surface area contributed by atoms with Crippen LogP contribution in [0.2, 0.25) is 0 Å². The molecular formula is C16H19FN2OS. The molecule has 1 heterocycles. The van der Waals surface area contributed by atoms with Crippen LogP contribution in [0.3, 0.4) is 0 Å². The first-order valence-corrected chi connectivity index (χ1v) is 8.22. The van der Waals surface area contributed by atoms with Crippen LogP contribution < -0.4 is 5.32 Å². The van der Waals surface area contributed by atoms with Gasteiger partial charge in [-0.3, -0.25) is 0 Å². The molecule has 3 rings (SSSR count). The van der Waals surface area contributed by atoms with E-state index in [1.165, 1.54) is 17.0 Å². The Balaban J connectivity index is 1.91. The molecule has 0 saturated heterocycles. The lowest BCUT2D eigenvalue weighted by molar-refractivity contribution is 0.432. The van der Waals surface area contributed by atoms with Gasteiger partial charge in [0, 0.05) is 16.5 Å². The van der Waals surface area contributed by atoms with Crippen molar-refractivity contribution in [2.24, 2.45) is 0 Å². The number of aromatic hydroxyl groups is 1. The van der Waals surface area contributed by atoms with Gasteiger partial charge in [-0.05, 0) is 50.4 Å². The Kier molecular flexibility index (Phi) is 4.22. The standard InChI is InChI=1S/C16H19FN2OS/c1-2-8-18-12-4-3-5-13-15(12)21-16(19-13)10-6-7-14(20)11(17)9-10/h6-7,9,12,18,20H,2-5,8H2,1H3. The number of aryl methyl sites for hydroxylation is 1. The first-order chi connectivity index (χ1) is 10.2. The Labute approximate surface area is 127 Å². The molecule has 1 aliphatic carbocycles. The smallest absolute Gasteiger partial charge is 0.165 e. The van der Waals surface area contributed by atoms with Crippen LogP contribution in [0, 0.1) is 5.82 Å². The zero-order valence-corrected chi connectivity index (χ0v) is 12.8. The number of fused-ring (bicyclic) bond motifs is 1. The minimum Gasteiger partial charge on any atom is -0.505 e. The number of nitrogens with one attached hydrogen (secondary N) is 1. The highest BCUT2D eigenvalue weighted by atomic mass is 32.1. The maximum absolute atomic E-state index is 13.5. The monoisotopic (exact) mass is 306 g/mol. The van der Waals surface area contributed by atoms with Crippen LogP contribution in [-0.2, 0) is 6.42 Å². The summed E-state index contributed by atoms with van der Waals surface area (Å²) in [6.45, 7) is 3.17. The van der Waals surface area contributed by atoms with Gasteiger partial charge in [0.15, 0.2) is 11.6 Å². The van der Waals surface area contributed by atoms with Crippen LogP contribution >= 0.6 is 11.3 Å². The van der Waals surface area contributed by atoms with Gasteiger partial charge in [0.05, 0.1) is 5.69 Å². The van der Waals surface area contributed by atoms with Gasteiger partial charge in [-0.25, -0.2) is 9.37 Å². The zero-order chi connectivity index (χ0) is 14.8. The molecule has 0 fully saturated rings. The van der Waals surface area contributed by atoms with Crippen LogP contribution in [0.15, 0.2) is 18.2 Å². The number of benzene rings is 1. The van der Waals surface area contributed by atoms with E-state index in [0.717, 1.165) is 48.5 Å². The molecule has 5 heteroatoms. The predicted octanol–water partition coefficient (Wildman–Crippen LogP) is 4.03. The third kappa shape index (κ3) is 2.94. The van der Waals surface area contributed by atoms with Gasteiger partial charge in [0.2, 0.25) is 0 Å². The van der Waals surface area contributed by atoms with Crippen molar-refractivity contribution >= 4 is 11.3 Å². The molecule has 0 aliphatic heterocycles. The van der Waals surface area contributed by atoms with E-state index < -0.39 is 5.82 Å².